The maximum Gasteiger partial charge on any atom is 0.128 e. The van der Waals surface area contributed by atoms with Gasteiger partial charge in [0.25, 0.3) is 0 Å². The normalized spacial score (nSPS) is 10.3. The van der Waals surface area contributed by atoms with Crippen LogP contribution >= 0.6 is 15.9 Å². The van der Waals surface area contributed by atoms with E-state index in [1.54, 1.807) is 12.1 Å². The molecule has 0 bridgehead atoms. The van der Waals surface area contributed by atoms with Gasteiger partial charge in [-0.1, -0.05) is 28.1 Å². The second kappa shape index (κ2) is 6.06. The van der Waals surface area contributed by atoms with Crippen molar-refractivity contribution in [2.24, 2.45) is 0 Å². The Morgan fingerprint density at radius 1 is 1.16 bits per heavy atom. The lowest BCUT2D eigenvalue weighted by atomic mass is 10.2. The fourth-order valence-corrected chi connectivity index (χ4v) is 2.29. The molecule has 0 aromatic heterocycles. The van der Waals surface area contributed by atoms with E-state index in [1.165, 1.54) is 6.07 Å². The highest BCUT2D eigenvalue weighted by Crippen LogP contribution is 2.24. The maximum atomic E-state index is 13.7. The highest BCUT2D eigenvalue weighted by Gasteiger charge is 2.06. The van der Waals surface area contributed by atoms with Crippen LogP contribution in [0.3, 0.4) is 0 Å². The molecule has 100 valence electrons. The molecule has 0 atom stereocenters. The standard InChI is InChI=1S/C15H16BrFN2/c1-19(2)15-6-4-3-5-14(15)18-10-11-9-12(16)7-8-13(11)17/h3-9,18H,10H2,1-2H3. The minimum absolute atomic E-state index is 0.196. The van der Waals surface area contributed by atoms with Crippen LogP contribution in [0.1, 0.15) is 5.56 Å². The zero-order valence-electron chi connectivity index (χ0n) is 11.0. The summed E-state index contributed by atoms with van der Waals surface area (Å²) in [6.07, 6.45) is 0. The quantitative estimate of drug-likeness (QED) is 0.904. The van der Waals surface area contributed by atoms with Crippen molar-refractivity contribution in [1.82, 2.24) is 0 Å². The Morgan fingerprint density at radius 3 is 2.63 bits per heavy atom. The summed E-state index contributed by atoms with van der Waals surface area (Å²) in [5, 5.41) is 3.28. The van der Waals surface area contributed by atoms with Crippen molar-refractivity contribution in [3.05, 3.63) is 58.3 Å². The summed E-state index contributed by atoms with van der Waals surface area (Å²) in [4.78, 5) is 2.03. The number of benzene rings is 2. The monoisotopic (exact) mass is 322 g/mol. The van der Waals surface area contributed by atoms with Gasteiger partial charge < -0.3 is 10.2 Å². The van der Waals surface area contributed by atoms with Crippen LogP contribution in [0.4, 0.5) is 15.8 Å². The Bertz CT molecular complexity index is 570. The summed E-state index contributed by atoms with van der Waals surface area (Å²) >= 11 is 3.36. The van der Waals surface area contributed by atoms with Crippen molar-refractivity contribution in [3.63, 3.8) is 0 Å². The molecule has 0 amide bonds. The summed E-state index contributed by atoms with van der Waals surface area (Å²) in [7, 11) is 3.97. The molecule has 0 aliphatic heterocycles. The number of hydrogen-bond acceptors (Lipinski definition) is 2. The largest absolute Gasteiger partial charge is 0.379 e. The van der Waals surface area contributed by atoms with E-state index in [0.29, 0.717) is 12.1 Å². The van der Waals surface area contributed by atoms with Crippen molar-refractivity contribution in [1.29, 1.82) is 0 Å². The fourth-order valence-electron chi connectivity index (χ4n) is 1.88. The Morgan fingerprint density at radius 2 is 1.89 bits per heavy atom. The molecule has 0 aliphatic carbocycles. The first kappa shape index (κ1) is 13.9. The van der Waals surface area contributed by atoms with E-state index in [2.05, 4.69) is 21.2 Å². The van der Waals surface area contributed by atoms with Gasteiger partial charge in [-0.15, -0.1) is 0 Å². The van der Waals surface area contributed by atoms with Crippen molar-refractivity contribution in [3.8, 4) is 0 Å². The van der Waals surface area contributed by atoms with Crippen molar-refractivity contribution in [2.45, 2.75) is 6.54 Å². The number of nitrogens with zero attached hydrogens (tertiary/aromatic N) is 1. The smallest absolute Gasteiger partial charge is 0.128 e. The molecule has 19 heavy (non-hydrogen) atoms. The van der Waals surface area contributed by atoms with Gasteiger partial charge in [0.15, 0.2) is 0 Å². The predicted molar refractivity (Wildman–Crippen MR) is 82.2 cm³/mol. The van der Waals surface area contributed by atoms with Gasteiger partial charge in [0.1, 0.15) is 5.82 Å². The van der Waals surface area contributed by atoms with Crippen LogP contribution in [-0.4, -0.2) is 14.1 Å². The van der Waals surface area contributed by atoms with Gasteiger partial charge >= 0.3 is 0 Å². The van der Waals surface area contributed by atoms with E-state index in [0.717, 1.165) is 15.8 Å². The highest BCUT2D eigenvalue weighted by atomic mass is 79.9. The molecule has 0 radical (unpaired) electrons. The topological polar surface area (TPSA) is 15.3 Å². The van der Waals surface area contributed by atoms with E-state index in [1.807, 2.05) is 43.3 Å². The first-order valence-corrected chi connectivity index (χ1v) is 6.81. The SMILES string of the molecule is CN(C)c1ccccc1NCc1cc(Br)ccc1F. The summed E-state index contributed by atoms with van der Waals surface area (Å²) < 4.78 is 14.5. The Labute approximate surface area is 121 Å². The number of hydrogen-bond donors (Lipinski definition) is 1. The first-order chi connectivity index (χ1) is 9.08. The van der Waals surface area contributed by atoms with Gasteiger partial charge in [-0.2, -0.15) is 0 Å². The zero-order valence-corrected chi connectivity index (χ0v) is 12.5. The molecule has 1 N–H and O–H groups in total. The van der Waals surface area contributed by atoms with Gasteiger partial charge in [-0.25, -0.2) is 4.39 Å². The van der Waals surface area contributed by atoms with E-state index >= 15 is 0 Å². The number of halogens is 2. The lowest BCUT2D eigenvalue weighted by Gasteiger charge is -2.18. The lowest BCUT2D eigenvalue weighted by Crippen LogP contribution is -2.12. The van der Waals surface area contributed by atoms with Gasteiger partial charge in [0, 0.05) is 30.7 Å². The molecular formula is C15H16BrFN2. The van der Waals surface area contributed by atoms with Crippen LogP contribution in [0.15, 0.2) is 46.9 Å². The molecule has 0 saturated carbocycles. The average molecular weight is 323 g/mol. The summed E-state index contributed by atoms with van der Waals surface area (Å²) in [5.41, 5.74) is 2.72. The summed E-state index contributed by atoms with van der Waals surface area (Å²) in [6.45, 7) is 0.454. The average Bonchev–Trinajstić information content (AvgIpc) is 2.40. The highest BCUT2D eigenvalue weighted by molar-refractivity contribution is 9.10. The van der Waals surface area contributed by atoms with Gasteiger partial charge in [0.05, 0.1) is 11.4 Å². The number of rotatable bonds is 4. The fraction of sp³-hybridized carbons (Fsp3) is 0.200. The van der Waals surface area contributed by atoms with E-state index in [4.69, 9.17) is 0 Å². The third kappa shape index (κ3) is 3.47. The van der Waals surface area contributed by atoms with Crippen LogP contribution in [-0.2, 0) is 6.54 Å². The number of anilines is 2. The van der Waals surface area contributed by atoms with E-state index < -0.39 is 0 Å². The molecule has 0 spiro atoms. The molecule has 2 nitrogen and oxygen atoms in total. The van der Waals surface area contributed by atoms with Gasteiger partial charge in [-0.05, 0) is 30.3 Å². The minimum Gasteiger partial charge on any atom is -0.379 e. The lowest BCUT2D eigenvalue weighted by molar-refractivity contribution is 0.612. The van der Waals surface area contributed by atoms with Crippen molar-refractivity contribution < 1.29 is 4.39 Å². The molecule has 2 aromatic rings. The predicted octanol–water partition coefficient (Wildman–Crippen LogP) is 4.27. The Kier molecular flexibility index (Phi) is 4.43. The maximum absolute atomic E-state index is 13.7. The second-order valence-electron chi connectivity index (χ2n) is 4.50. The second-order valence-corrected chi connectivity index (χ2v) is 5.42. The Hall–Kier alpha value is -1.55. The van der Waals surface area contributed by atoms with E-state index in [-0.39, 0.29) is 5.82 Å². The van der Waals surface area contributed by atoms with Gasteiger partial charge in [0.2, 0.25) is 0 Å². The van der Waals surface area contributed by atoms with Crippen molar-refractivity contribution >= 4 is 27.3 Å². The minimum atomic E-state index is -0.196. The van der Waals surface area contributed by atoms with Crippen LogP contribution in [0.2, 0.25) is 0 Å². The Balaban J connectivity index is 2.17. The zero-order chi connectivity index (χ0) is 13.8. The molecule has 2 rings (SSSR count). The molecule has 4 heteroatoms. The first-order valence-electron chi connectivity index (χ1n) is 6.02. The third-order valence-corrected chi connectivity index (χ3v) is 3.36. The number of para-hydroxylation sites is 2. The third-order valence-electron chi connectivity index (χ3n) is 2.86. The summed E-state index contributed by atoms with van der Waals surface area (Å²) in [5.74, 6) is -0.196. The van der Waals surface area contributed by atoms with Gasteiger partial charge in [-0.3, -0.25) is 0 Å². The summed E-state index contributed by atoms with van der Waals surface area (Å²) in [6, 6.07) is 12.9. The molecule has 0 unspecified atom stereocenters. The molecule has 2 aromatic carbocycles. The molecule has 0 saturated heterocycles. The van der Waals surface area contributed by atoms with Crippen LogP contribution in [0.5, 0.6) is 0 Å². The molecule has 0 heterocycles. The van der Waals surface area contributed by atoms with E-state index in [9.17, 15) is 4.39 Å². The number of nitrogens with one attached hydrogen (secondary N) is 1. The molecular weight excluding hydrogens is 307 g/mol. The van der Waals surface area contributed by atoms with Crippen LogP contribution in [0.25, 0.3) is 0 Å². The molecule has 0 fully saturated rings. The molecule has 0 aliphatic rings. The van der Waals surface area contributed by atoms with Crippen LogP contribution in [0, 0.1) is 5.82 Å². The van der Waals surface area contributed by atoms with Crippen LogP contribution < -0.4 is 10.2 Å². The van der Waals surface area contributed by atoms with Crippen molar-refractivity contribution in [2.75, 3.05) is 24.3 Å².